The lowest BCUT2D eigenvalue weighted by Gasteiger charge is -2.21. The first-order valence-corrected chi connectivity index (χ1v) is 5.99. The summed E-state index contributed by atoms with van der Waals surface area (Å²) < 4.78 is 37.3. The third kappa shape index (κ3) is 2.92. The molecule has 0 radical (unpaired) electrons. The first-order chi connectivity index (χ1) is 8.79. The van der Waals surface area contributed by atoms with Crippen LogP contribution in [0.5, 0.6) is 0 Å². The molecule has 1 amide bonds. The first kappa shape index (κ1) is 13.9. The average molecular weight is 290 g/mol. The number of rotatable bonds is 0. The van der Waals surface area contributed by atoms with Crippen molar-refractivity contribution in [2.24, 2.45) is 0 Å². The molecule has 0 fully saturated rings. The Hall–Kier alpha value is -1.49. The van der Waals surface area contributed by atoms with Crippen LogP contribution in [0.3, 0.4) is 0 Å². The zero-order chi connectivity index (χ0) is 14.2. The largest absolute Gasteiger partial charge is 0.471 e. The molecule has 1 aliphatic heterocycles. The number of nitrogens with zero attached hydrogens (tertiary/aromatic N) is 1. The van der Waals surface area contributed by atoms with E-state index in [1.54, 1.807) is 18.2 Å². The Bertz CT molecular complexity index is 539. The fraction of sp³-hybridized carbons (Fsp3) is 0.308. The Morgan fingerprint density at radius 2 is 2.05 bits per heavy atom. The van der Waals surface area contributed by atoms with Gasteiger partial charge in [0.25, 0.3) is 0 Å². The number of fused-ring (bicyclic) bond motifs is 1. The van der Waals surface area contributed by atoms with Gasteiger partial charge < -0.3 is 4.90 Å². The standard InChI is InChI=1S/C13H11ClF3NO/c1-8-7-18(12(19)13(15,16)17)5-4-9-6-10(14)2-3-11(8)9/h2-3,6H,1,4-5,7H2. The second-order valence-corrected chi connectivity index (χ2v) is 4.82. The lowest BCUT2D eigenvalue weighted by molar-refractivity contribution is -0.184. The number of amides is 1. The smallest absolute Gasteiger partial charge is 0.330 e. The van der Waals surface area contributed by atoms with Crippen molar-refractivity contribution in [3.63, 3.8) is 0 Å². The molecule has 0 aromatic heterocycles. The van der Waals surface area contributed by atoms with Gasteiger partial charge >= 0.3 is 12.1 Å². The number of carbonyl (C=O) groups is 1. The van der Waals surface area contributed by atoms with Crippen molar-refractivity contribution in [3.8, 4) is 0 Å². The van der Waals surface area contributed by atoms with Gasteiger partial charge in [-0.3, -0.25) is 4.79 Å². The van der Waals surface area contributed by atoms with E-state index in [1.165, 1.54) is 0 Å². The Labute approximate surface area is 113 Å². The molecule has 0 saturated carbocycles. The van der Waals surface area contributed by atoms with Crippen LogP contribution in [0.1, 0.15) is 11.1 Å². The van der Waals surface area contributed by atoms with Crippen LogP contribution in [-0.4, -0.2) is 30.1 Å². The number of alkyl halides is 3. The SMILES string of the molecule is C=C1CN(C(=O)C(F)(F)F)CCc2cc(Cl)ccc21. The molecule has 0 spiro atoms. The average Bonchev–Trinajstić information content (AvgIpc) is 2.46. The molecule has 0 saturated heterocycles. The highest BCUT2D eigenvalue weighted by Gasteiger charge is 2.42. The van der Waals surface area contributed by atoms with Crippen LogP contribution in [0.4, 0.5) is 13.2 Å². The van der Waals surface area contributed by atoms with Gasteiger partial charge in [-0.15, -0.1) is 0 Å². The zero-order valence-corrected chi connectivity index (χ0v) is 10.7. The second kappa shape index (κ2) is 4.89. The summed E-state index contributed by atoms with van der Waals surface area (Å²) in [4.78, 5) is 12.0. The van der Waals surface area contributed by atoms with E-state index in [0.717, 1.165) is 16.0 Å². The molecular formula is C13H11ClF3NO. The van der Waals surface area contributed by atoms with E-state index in [1.807, 2.05) is 0 Å². The molecule has 1 aromatic carbocycles. The molecule has 0 N–H and O–H groups in total. The third-order valence-electron chi connectivity index (χ3n) is 3.01. The molecule has 2 nitrogen and oxygen atoms in total. The minimum absolute atomic E-state index is 0.00467. The van der Waals surface area contributed by atoms with Gasteiger partial charge in [0.1, 0.15) is 0 Å². The number of hydrogen-bond donors (Lipinski definition) is 0. The van der Waals surface area contributed by atoms with Crippen LogP contribution in [-0.2, 0) is 11.2 Å². The van der Waals surface area contributed by atoms with E-state index in [-0.39, 0.29) is 13.1 Å². The Kier molecular flexibility index (Phi) is 3.58. The van der Waals surface area contributed by atoms with Gasteiger partial charge in [0.05, 0.1) is 0 Å². The molecule has 1 aromatic rings. The normalized spacial score (nSPS) is 16.0. The first-order valence-electron chi connectivity index (χ1n) is 5.61. The van der Waals surface area contributed by atoms with E-state index in [2.05, 4.69) is 6.58 Å². The van der Waals surface area contributed by atoms with E-state index in [0.29, 0.717) is 17.0 Å². The Morgan fingerprint density at radius 1 is 1.37 bits per heavy atom. The van der Waals surface area contributed by atoms with Crippen LogP contribution in [0, 0.1) is 0 Å². The Morgan fingerprint density at radius 3 is 2.68 bits per heavy atom. The van der Waals surface area contributed by atoms with Gasteiger partial charge in [-0.25, -0.2) is 0 Å². The molecule has 6 heteroatoms. The number of hydrogen-bond acceptors (Lipinski definition) is 1. The molecule has 1 heterocycles. The van der Waals surface area contributed by atoms with E-state index >= 15 is 0 Å². The number of halogens is 4. The highest BCUT2D eigenvalue weighted by molar-refractivity contribution is 6.30. The highest BCUT2D eigenvalue weighted by atomic mass is 35.5. The van der Waals surface area contributed by atoms with Gasteiger partial charge in [-0.1, -0.05) is 24.2 Å². The fourth-order valence-electron chi connectivity index (χ4n) is 2.12. The van der Waals surface area contributed by atoms with Crippen LogP contribution >= 0.6 is 11.6 Å². The van der Waals surface area contributed by atoms with Crippen molar-refractivity contribution in [2.45, 2.75) is 12.6 Å². The summed E-state index contributed by atoms with van der Waals surface area (Å²) in [6.45, 7) is 3.64. The van der Waals surface area contributed by atoms with E-state index in [9.17, 15) is 18.0 Å². The second-order valence-electron chi connectivity index (χ2n) is 4.38. The maximum Gasteiger partial charge on any atom is 0.471 e. The summed E-state index contributed by atoms with van der Waals surface area (Å²) in [6, 6.07) is 5.08. The van der Waals surface area contributed by atoms with Crippen LogP contribution in [0.25, 0.3) is 5.57 Å². The molecule has 19 heavy (non-hydrogen) atoms. The summed E-state index contributed by atoms with van der Waals surface area (Å²) in [7, 11) is 0. The predicted molar refractivity (Wildman–Crippen MR) is 66.8 cm³/mol. The molecule has 1 aliphatic rings. The van der Waals surface area contributed by atoms with Crippen molar-refractivity contribution >= 4 is 23.1 Å². The molecular weight excluding hydrogens is 279 g/mol. The Balaban J connectivity index is 2.28. The maximum absolute atomic E-state index is 12.4. The molecule has 0 aliphatic carbocycles. The van der Waals surface area contributed by atoms with Gasteiger partial charge in [-0.2, -0.15) is 13.2 Å². The van der Waals surface area contributed by atoms with Crippen molar-refractivity contribution in [1.82, 2.24) is 4.90 Å². The monoisotopic (exact) mass is 289 g/mol. The van der Waals surface area contributed by atoms with Crippen molar-refractivity contribution in [1.29, 1.82) is 0 Å². The van der Waals surface area contributed by atoms with Gasteiger partial charge in [0.15, 0.2) is 0 Å². The number of carbonyl (C=O) groups excluding carboxylic acids is 1. The van der Waals surface area contributed by atoms with E-state index < -0.39 is 12.1 Å². The minimum atomic E-state index is -4.85. The molecule has 0 atom stereocenters. The number of benzene rings is 1. The quantitative estimate of drug-likeness (QED) is 0.717. The predicted octanol–water partition coefficient (Wildman–Crippen LogP) is 3.30. The van der Waals surface area contributed by atoms with Crippen molar-refractivity contribution in [2.75, 3.05) is 13.1 Å². The lowest BCUT2D eigenvalue weighted by atomic mass is 10.0. The summed E-state index contributed by atoms with van der Waals surface area (Å²) >= 11 is 5.86. The topological polar surface area (TPSA) is 20.3 Å². The third-order valence-corrected chi connectivity index (χ3v) is 3.25. The van der Waals surface area contributed by atoms with Crippen LogP contribution in [0.2, 0.25) is 5.02 Å². The van der Waals surface area contributed by atoms with Crippen LogP contribution < -0.4 is 0 Å². The fourth-order valence-corrected chi connectivity index (χ4v) is 2.31. The summed E-state index contributed by atoms with van der Waals surface area (Å²) in [5, 5.41) is 0.516. The van der Waals surface area contributed by atoms with Gasteiger partial charge in [0, 0.05) is 18.1 Å². The summed E-state index contributed by atoms with van der Waals surface area (Å²) in [5.41, 5.74) is 2.07. The summed E-state index contributed by atoms with van der Waals surface area (Å²) in [6.07, 6.45) is -4.52. The van der Waals surface area contributed by atoms with Crippen LogP contribution in [0.15, 0.2) is 24.8 Å². The lowest BCUT2D eigenvalue weighted by Crippen LogP contribution is -2.42. The minimum Gasteiger partial charge on any atom is -0.330 e. The highest BCUT2D eigenvalue weighted by Crippen LogP contribution is 2.28. The van der Waals surface area contributed by atoms with Crippen molar-refractivity contribution < 1.29 is 18.0 Å². The summed E-state index contributed by atoms with van der Waals surface area (Å²) in [5.74, 6) is -1.83. The molecule has 102 valence electrons. The molecule has 0 bridgehead atoms. The van der Waals surface area contributed by atoms with Gasteiger partial charge in [0.2, 0.25) is 0 Å². The molecule has 2 rings (SSSR count). The van der Waals surface area contributed by atoms with E-state index in [4.69, 9.17) is 11.6 Å². The molecule has 0 unspecified atom stereocenters. The van der Waals surface area contributed by atoms with Gasteiger partial charge in [-0.05, 0) is 35.3 Å². The van der Waals surface area contributed by atoms with Crippen molar-refractivity contribution in [3.05, 3.63) is 40.9 Å². The zero-order valence-electron chi connectivity index (χ0n) is 9.93. The maximum atomic E-state index is 12.4.